The van der Waals surface area contributed by atoms with Gasteiger partial charge in [-0.15, -0.1) is 6.58 Å². The second kappa shape index (κ2) is 21.6. The maximum absolute atomic E-state index is 13.1. The predicted octanol–water partition coefficient (Wildman–Crippen LogP) is 7.32. The summed E-state index contributed by atoms with van der Waals surface area (Å²) < 4.78 is 16.1. The number of hydrogen-bond donors (Lipinski definition) is 1. The van der Waals surface area contributed by atoms with Crippen LogP contribution in [0.15, 0.2) is 12.7 Å². The molecule has 0 aromatic rings. The molecular formula is C32H59NO8. The van der Waals surface area contributed by atoms with E-state index in [9.17, 15) is 14.4 Å². The number of hydrogen-bond acceptors (Lipinski definition) is 8. The normalized spacial score (nSPS) is 13.2. The van der Waals surface area contributed by atoms with Gasteiger partial charge in [0.05, 0.1) is 24.0 Å². The van der Waals surface area contributed by atoms with Crippen molar-refractivity contribution in [3.05, 3.63) is 12.7 Å². The van der Waals surface area contributed by atoms with E-state index in [1.165, 1.54) is 44.6 Å². The van der Waals surface area contributed by atoms with Crippen LogP contribution < -0.4 is 5.32 Å². The van der Waals surface area contributed by atoms with Crippen molar-refractivity contribution in [1.82, 2.24) is 5.32 Å². The zero-order valence-electron chi connectivity index (χ0n) is 27.1. The Bertz CT molecular complexity index is 752. The fraction of sp³-hybridized carbons (Fsp3) is 0.844. The maximum Gasteiger partial charge on any atom is 0.407 e. The van der Waals surface area contributed by atoms with Crippen molar-refractivity contribution in [3.8, 4) is 0 Å². The monoisotopic (exact) mass is 585 g/mol. The highest BCUT2D eigenvalue weighted by Crippen LogP contribution is 2.44. The number of nitrogens with one attached hydrogen (secondary N) is 1. The van der Waals surface area contributed by atoms with E-state index in [2.05, 4.69) is 32.7 Å². The van der Waals surface area contributed by atoms with E-state index in [0.29, 0.717) is 25.9 Å². The van der Waals surface area contributed by atoms with Gasteiger partial charge in [0.1, 0.15) is 26.4 Å². The molecule has 0 radical (unpaired) electrons. The number of amides is 1. The van der Waals surface area contributed by atoms with Crippen LogP contribution in [0, 0.1) is 16.2 Å². The summed E-state index contributed by atoms with van der Waals surface area (Å²) in [4.78, 5) is 47.1. The molecule has 1 amide bonds. The van der Waals surface area contributed by atoms with E-state index in [-0.39, 0.29) is 50.3 Å². The molecule has 0 bridgehead atoms. The molecule has 0 saturated heterocycles. The summed E-state index contributed by atoms with van der Waals surface area (Å²) in [7, 11) is 0. The third-order valence-electron chi connectivity index (χ3n) is 7.12. The summed E-state index contributed by atoms with van der Waals surface area (Å²) in [5, 5.41) is 2.53. The van der Waals surface area contributed by atoms with Gasteiger partial charge in [0.2, 0.25) is 0 Å². The molecular weight excluding hydrogens is 526 g/mol. The second-order valence-electron chi connectivity index (χ2n) is 12.5. The summed E-state index contributed by atoms with van der Waals surface area (Å²) in [6.07, 6.45) is 12.3. The van der Waals surface area contributed by atoms with Gasteiger partial charge in [0.25, 0.3) is 0 Å². The van der Waals surface area contributed by atoms with Crippen LogP contribution in [0.5, 0.6) is 0 Å². The molecule has 1 N–H and O–H groups in total. The number of ether oxygens (including phenoxy) is 3. The molecule has 0 aromatic carbocycles. The Hall–Kier alpha value is -2.13. The molecule has 9 heteroatoms. The van der Waals surface area contributed by atoms with E-state index in [1.807, 2.05) is 27.7 Å². The third kappa shape index (κ3) is 18.8. The first-order valence-electron chi connectivity index (χ1n) is 15.4. The zero-order chi connectivity index (χ0) is 31.2. The van der Waals surface area contributed by atoms with Gasteiger partial charge < -0.3 is 19.5 Å². The van der Waals surface area contributed by atoms with Gasteiger partial charge >= 0.3 is 18.0 Å². The quantitative estimate of drug-likeness (QED) is 0.0296. The Kier molecular flexibility index (Phi) is 20.4. The fourth-order valence-corrected chi connectivity index (χ4v) is 5.17. The molecule has 41 heavy (non-hydrogen) atoms. The first-order chi connectivity index (χ1) is 19.3. The standard InChI is InChI=1S/C32H59NO8/c1-9-12-13-14-15-16-17-18-21-37-28(35)32(8,11-3)26-30(4,5)25-31(6,7)27(34)38-22-19-33-29(36)39-23-24-41-40-20-10-2/h10H,2,9,11-26H2,1,3-8H3,(H,33,36). The van der Waals surface area contributed by atoms with Crippen molar-refractivity contribution in [2.45, 2.75) is 119 Å². The van der Waals surface area contributed by atoms with E-state index < -0.39 is 16.9 Å². The summed E-state index contributed by atoms with van der Waals surface area (Å²) in [5.41, 5.74) is -1.72. The molecule has 0 rings (SSSR count). The Morgan fingerprint density at radius 3 is 1.93 bits per heavy atom. The number of esters is 2. The first kappa shape index (κ1) is 38.9. The van der Waals surface area contributed by atoms with Crippen LogP contribution in [0.4, 0.5) is 4.79 Å². The van der Waals surface area contributed by atoms with E-state index in [1.54, 1.807) is 0 Å². The Balaban J connectivity index is 4.48. The number of rotatable bonds is 25. The maximum atomic E-state index is 13.1. The van der Waals surface area contributed by atoms with Gasteiger partial charge in [-0.25, -0.2) is 14.6 Å². The molecule has 0 aliphatic rings. The van der Waals surface area contributed by atoms with Gasteiger partial charge in [-0.05, 0) is 51.9 Å². The SMILES string of the molecule is C=CCOOCCOC(=O)NCCOC(=O)C(C)(C)CC(C)(C)CC(C)(CC)C(=O)OCCCCCCCCCC. The number of alkyl carbamates (subject to hydrolysis) is 1. The minimum absolute atomic E-state index is 0.0221. The van der Waals surface area contributed by atoms with Crippen molar-refractivity contribution < 1.29 is 38.4 Å². The lowest BCUT2D eigenvalue weighted by atomic mass is 9.66. The molecule has 1 atom stereocenters. The molecule has 0 saturated carbocycles. The van der Waals surface area contributed by atoms with Gasteiger partial charge in [-0.2, -0.15) is 0 Å². The average Bonchev–Trinajstić information content (AvgIpc) is 2.90. The van der Waals surface area contributed by atoms with E-state index in [4.69, 9.17) is 24.0 Å². The van der Waals surface area contributed by atoms with Crippen LogP contribution in [0.1, 0.15) is 119 Å². The highest BCUT2D eigenvalue weighted by atomic mass is 17.2. The largest absolute Gasteiger partial charge is 0.465 e. The highest BCUT2D eigenvalue weighted by Gasteiger charge is 2.43. The molecule has 0 aliphatic heterocycles. The third-order valence-corrected chi connectivity index (χ3v) is 7.12. The first-order valence-corrected chi connectivity index (χ1v) is 15.4. The van der Waals surface area contributed by atoms with Crippen LogP contribution in [0.2, 0.25) is 0 Å². The van der Waals surface area contributed by atoms with Crippen LogP contribution in [0.25, 0.3) is 0 Å². The van der Waals surface area contributed by atoms with Gasteiger partial charge in [0.15, 0.2) is 0 Å². The Morgan fingerprint density at radius 2 is 1.32 bits per heavy atom. The lowest BCUT2D eigenvalue weighted by Crippen LogP contribution is -2.39. The molecule has 240 valence electrons. The molecule has 0 spiro atoms. The zero-order valence-corrected chi connectivity index (χ0v) is 27.1. The molecule has 0 heterocycles. The van der Waals surface area contributed by atoms with Crippen molar-refractivity contribution in [2.75, 3.05) is 39.6 Å². The predicted molar refractivity (Wildman–Crippen MR) is 161 cm³/mol. The van der Waals surface area contributed by atoms with E-state index in [0.717, 1.165) is 12.8 Å². The van der Waals surface area contributed by atoms with Crippen LogP contribution in [-0.4, -0.2) is 57.6 Å². The van der Waals surface area contributed by atoms with Crippen LogP contribution in [-0.2, 0) is 33.6 Å². The molecule has 9 nitrogen and oxygen atoms in total. The highest BCUT2D eigenvalue weighted by molar-refractivity contribution is 5.77. The van der Waals surface area contributed by atoms with Crippen LogP contribution in [0.3, 0.4) is 0 Å². The Labute approximate surface area is 249 Å². The minimum Gasteiger partial charge on any atom is -0.465 e. The van der Waals surface area contributed by atoms with Crippen LogP contribution >= 0.6 is 0 Å². The molecule has 1 unspecified atom stereocenters. The summed E-state index contributed by atoms with van der Waals surface area (Å²) in [5.74, 6) is -0.519. The van der Waals surface area contributed by atoms with Crippen molar-refractivity contribution >= 4 is 18.0 Å². The van der Waals surface area contributed by atoms with Crippen molar-refractivity contribution in [1.29, 1.82) is 0 Å². The number of carbonyl (C=O) groups excluding carboxylic acids is 3. The van der Waals surface area contributed by atoms with E-state index >= 15 is 0 Å². The van der Waals surface area contributed by atoms with Gasteiger partial charge in [-0.3, -0.25) is 9.59 Å². The number of unbranched alkanes of at least 4 members (excludes halogenated alkanes) is 7. The lowest BCUT2D eigenvalue weighted by Gasteiger charge is -2.39. The summed E-state index contributed by atoms with van der Waals surface area (Å²) in [6.45, 7) is 18.5. The fourth-order valence-electron chi connectivity index (χ4n) is 5.17. The molecule has 0 aromatic heterocycles. The molecule has 0 aliphatic carbocycles. The Morgan fingerprint density at radius 1 is 0.707 bits per heavy atom. The topological polar surface area (TPSA) is 109 Å². The summed E-state index contributed by atoms with van der Waals surface area (Å²) in [6, 6.07) is 0. The van der Waals surface area contributed by atoms with Crippen molar-refractivity contribution in [2.24, 2.45) is 16.2 Å². The second-order valence-corrected chi connectivity index (χ2v) is 12.5. The smallest absolute Gasteiger partial charge is 0.407 e. The number of carbonyl (C=O) groups is 3. The van der Waals surface area contributed by atoms with Gasteiger partial charge in [-0.1, -0.05) is 78.7 Å². The summed E-state index contributed by atoms with van der Waals surface area (Å²) >= 11 is 0. The lowest BCUT2D eigenvalue weighted by molar-refractivity contribution is -0.289. The van der Waals surface area contributed by atoms with Crippen molar-refractivity contribution in [3.63, 3.8) is 0 Å². The average molecular weight is 586 g/mol. The van der Waals surface area contributed by atoms with Gasteiger partial charge in [0, 0.05) is 0 Å². The minimum atomic E-state index is -0.775. The molecule has 0 fully saturated rings.